The number of hydrogen-bond donors (Lipinski definition) is 1. The first-order valence-corrected chi connectivity index (χ1v) is 8.40. The lowest BCUT2D eigenvalue weighted by molar-refractivity contribution is -0.132. The molecule has 0 bridgehead atoms. The Bertz CT molecular complexity index is 395. The molecular weight excluding hydrogens is 268 g/mol. The normalized spacial score (nSPS) is 21.8. The fourth-order valence-electron chi connectivity index (χ4n) is 2.11. The van der Waals surface area contributed by atoms with Gasteiger partial charge in [0.05, 0.1) is 24.7 Å². The summed E-state index contributed by atoms with van der Waals surface area (Å²) >= 11 is 0. The third kappa shape index (κ3) is 5.46. The Morgan fingerprint density at radius 1 is 1.47 bits per heavy atom. The van der Waals surface area contributed by atoms with Crippen molar-refractivity contribution < 1.29 is 17.9 Å². The highest BCUT2D eigenvalue weighted by atomic mass is 32.2. The van der Waals surface area contributed by atoms with Crippen LogP contribution >= 0.6 is 0 Å². The number of amides is 1. The Balaban J connectivity index is 2.63. The van der Waals surface area contributed by atoms with Crippen molar-refractivity contribution in [1.82, 2.24) is 10.2 Å². The van der Waals surface area contributed by atoms with Gasteiger partial charge >= 0.3 is 0 Å². The molecule has 7 heteroatoms. The van der Waals surface area contributed by atoms with E-state index in [1.54, 1.807) is 12.0 Å². The molecular formula is C12H24N2O4S. The number of nitrogens with zero attached hydrogens (tertiary/aromatic N) is 1. The van der Waals surface area contributed by atoms with Crippen LogP contribution in [-0.2, 0) is 19.4 Å². The van der Waals surface area contributed by atoms with Crippen LogP contribution in [0, 0.1) is 0 Å². The maximum absolute atomic E-state index is 12.2. The molecule has 1 aliphatic rings. The van der Waals surface area contributed by atoms with Crippen molar-refractivity contribution >= 4 is 15.7 Å². The van der Waals surface area contributed by atoms with Gasteiger partial charge in [-0.3, -0.25) is 4.79 Å². The molecule has 1 fully saturated rings. The second kappa shape index (κ2) is 7.21. The topological polar surface area (TPSA) is 75.7 Å². The highest BCUT2D eigenvalue weighted by molar-refractivity contribution is 7.91. The van der Waals surface area contributed by atoms with E-state index in [0.29, 0.717) is 19.6 Å². The molecule has 0 radical (unpaired) electrons. The Kier molecular flexibility index (Phi) is 6.22. The molecule has 1 rings (SSSR count). The number of hydrogen-bond acceptors (Lipinski definition) is 5. The predicted molar refractivity (Wildman–Crippen MR) is 73.8 cm³/mol. The highest BCUT2D eigenvalue weighted by Gasteiger charge is 2.34. The molecule has 112 valence electrons. The van der Waals surface area contributed by atoms with Gasteiger partial charge in [0.25, 0.3) is 0 Å². The van der Waals surface area contributed by atoms with Crippen molar-refractivity contribution in [3.05, 3.63) is 0 Å². The number of sulfone groups is 1. The summed E-state index contributed by atoms with van der Waals surface area (Å²) in [7, 11) is -1.42. The molecule has 0 aliphatic carbocycles. The van der Waals surface area contributed by atoms with Crippen LogP contribution in [0.5, 0.6) is 0 Å². The molecule has 0 saturated carbocycles. The maximum Gasteiger partial charge on any atom is 0.236 e. The SMILES string of the molecule is COCCN(C(=O)CNC(C)C)C1CCS(=O)(=O)C1. The minimum atomic E-state index is -2.99. The Labute approximate surface area is 115 Å². The molecule has 1 saturated heterocycles. The summed E-state index contributed by atoms with van der Waals surface area (Å²) in [6.07, 6.45) is 0.527. The molecule has 0 spiro atoms. The quantitative estimate of drug-likeness (QED) is 0.694. The zero-order valence-electron chi connectivity index (χ0n) is 11.9. The van der Waals surface area contributed by atoms with Crippen LogP contribution in [0.2, 0.25) is 0 Å². The highest BCUT2D eigenvalue weighted by Crippen LogP contribution is 2.17. The van der Waals surface area contributed by atoms with Crippen LogP contribution in [0.15, 0.2) is 0 Å². The number of ether oxygens (including phenoxy) is 1. The predicted octanol–water partition coefficient (Wildman–Crippen LogP) is -0.353. The zero-order chi connectivity index (χ0) is 14.5. The van der Waals surface area contributed by atoms with E-state index in [0.717, 1.165) is 0 Å². The first-order chi connectivity index (χ1) is 8.85. The van der Waals surface area contributed by atoms with Gasteiger partial charge in [-0.2, -0.15) is 0 Å². The van der Waals surface area contributed by atoms with Gasteiger partial charge in [-0.1, -0.05) is 13.8 Å². The molecule has 1 amide bonds. The van der Waals surface area contributed by atoms with Crippen molar-refractivity contribution in [3.63, 3.8) is 0 Å². The Morgan fingerprint density at radius 2 is 2.16 bits per heavy atom. The van der Waals surface area contributed by atoms with E-state index in [4.69, 9.17) is 4.74 Å². The molecule has 1 aliphatic heterocycles. The average molecular weight is 292 g/mol. The summed E-state index contributed by atoms with van der Waals surface area (Å²) < 4.78 is 28.0. The van der Waals surface area contributed by atoms with Gasteiger partial charge in [-0.25, -0.2) is 8.42 Å². The lowest BCUT2D eigenvalue weighted by Crippen LogP contribution is -2.47. The minimum Gasteiger partial charge on any atom is -0.383 e. The van der Waals surface area contributed by atoms with Crippen LogP contribution in [-0.4, -0.2) is 69.6 Å². The molecule has 1 atom stereocenters. The molecule has 1 unspecified atom stereocenters. The van der Waals surface area contributed by atoms with Crippen molar-refractivity contribution in [2.24, 2.45) is 0 Å². The van der Waals surface area contributed by atoms with Gasteiger partial charge in [0.15, 0.2) is 9.84 Å². The maximum atomic E-state index is 12.2. The molecule has 6 nitrogen and oxygen atoms in total. The number of rotatable bonds is 7. The van der Waals surface area contributed by atoms with Crippen LogP contribution in [0.3, 0.4) is 0 Å². The Hall–Kier alpha value is -0.660. The van der Waals surface area contributed by atoms with E-state index in [2.05, 4.69) is 5.32 Å². The van der Waals surface area contributed by atoms with E-state index in [1.807, 2.05) is 13.8 Å². The van der Waals surface area contributed by atoms with Gasteiger partial charge in [-0.05, 0) is 6.42 Å². The second-order valence-electron chi connectivity index (χ2n) is 5.17. The van der Waals surface area contributed by atoms with E-state index >= 15 is 0 Å². The number of nitrogens with one attached hydrogen (secondary N) is 1. The molecule has 1 N–H and O–H groups in total. The number of carbonyl (C=O) groups is 1. The summed E-state index contributed by atoms with van der Waals surface area (Å²) in [5.74, 6) is 0.184. The summed E-state index contributed by atoms with van der Waals surface area (Å²) in [4.78, 5) is 13.8. The van der Waals surface area contributed by atoms with Gasteiger partial charge in [-0.15, -0.1) is 0 Å². The monoisotopic (exact) mass is 292 g/mol. The first kappa shape index (κ1) is 16.4. The molecule has 1 heterocycles. The zero-order valence-corrected chi connectivity index (χ0v) is 12.7. The third-order valence-corrected chi connectivity index (χ3v) is 4.92. The van der Waals surface area contributed by atoms with Crippen LogP contribution in [0.25, 0.3) is 0 Å². The summed E-state index contributed by atoms with van der Waals surface area (Å²) in [5.41, 5.74) is 0. The molecule has 0 aromatic rings. The largest absolute Gasteiger partial charge is 0.383 e. The fraction of sp³-hybridized carbons (Fsp3) is 0.917. The first-order valence-electron chi connectivity index (χ1n) is 6.58. The second-order valence-corrected chi connectivity index (χ2v) is 7.40. The lowest BCUT2D eigenvalue weighted by atomic mass is 10.2. The van der Waals surface area contributed by atoms with Crippen LogP contribution in [0.1, 0.15) is 20.3 Å². The van der Waals surface area contributed by atoms with E-state index in [-0.39, 0.29) is 36.0 Å². The smallest absolute Gasteiger partial charge is 0.236 e. The van der Waals surface area contributed by atoms with Crippen LogP contribution < -0.4 is 5.32 Å². The number of carbonyl (C=O) groups excluding carboxylic acids is 1. The Morgan fingerprint density at radius 3 is 2.63 bits per heavy atom. The van der Waals surface area contributed by atoms with Crippen molar-refractivity contribution in [1.29, 1.82) is 0 Å². The van der Waals surface area contributed by atoms with Crippen LogP contribution in [0.4, 0.5) is 0 Å². The van der Waals surface area contributed by atoms with Gasteiger partial charge < -0.3 is 15.0 Å². The van der Waals surface area contributed by atoms with Gasteiger partial charge in [0.2, 0.25) is 5.91 Å². The molecule has 19 heavy (non-hydrogen) atoms. The molecule has 0 aromatic heterocycles. The van der Waals surface area contributed by atoms with Crippen molar-refractivity contribution in [2.45, 2.75) is 32.4 Å². The van der Waals surface area contributed by atoms with Crippen molar-refractivity contribution in [3.8, 4) is 0 Å². The van der Waals surface area contributed by atoms with E-state index in [9.17, 15) is 13.2 Å². The summed E-state index contributed by atoms with van der Waals surface area (Å²) in [6.45, 7) is 5.02. The third-order valence-electron chi connectivity index (χ3n) is 3.17. The molecule has 0 aromatic carbocycles. The number of methoxy groups -OCH3 is 1. The van der Waals surface area contributed by atoms with Crippen molar-refractivity contribution in [2.75, 3.05) is 38.3 Å². The average Bonchev–Trinajstić information content (AvgIpc) is 2.67. The van der Waals surface area contributed by atoms with Gasteiger partial charge in [0, 0.05) is 25.7 Å². The standard InChI is InChI=1S/C12H24N2O4S/c1-10(2)13-8-12(15)14(5-6-18-3)11-4-7-19(16,17)9-11/h10-11,13H,4-9H2,1-3H3. The van der Waals surface area contributed by atoms with Gasteiger partial charge in [0.1, 0.15) is 0 Å². The fourth-order valence-corrected chi connectivity index (χ4v) is 3.85. The minimum absolute atomic E-state index is 0.0622. The lowest BCUT2D eigenvalue weighted by Gasteiger charge is -2.28. The van der Waals surface area contributed by atoms with E-state index in [1.165, 1.54) is 0 Å². The summed E-state index contributed by atoms with van der Waals surface area (Å²) in [6, 6.07) is 0.0159. The summed E-state index contributed by atoms with van der Waals surface area (Å²) in [5, 5.41) is 3.06. The van der Waals surface area contributed by atoms with E-state index < -0.39 is 9.84 Å².